The van der Waals surface area contributed by atoms with Crippen molar-refractivity contribution in [2.24, 2.45) is 0 Å². The Bertz CT molecular complexity index is 234. The number of imidazole rings is 1. The van der Waals surface area contributed by atoms with Crippen LogP contribution in [0.5, 0.6) is 6.01 Å². The number of ether oxygens (including phenoxy) is 1. The van der Waals surface area contributed by atoms with Gasteiger partial charge >= 0.3 is 0 Å². The Hall–Kier alpha value is -1.19. The lowest BCUT2D eigenvalue weighted by Gasteiger charge is -2.09. The highest BCUT2D eigenvalue weighted by atomic mass is 16.5. The fourth-order valence-electron chi connectivity index (χ4n) is 1.03. The molecule has 0 amide bonds. The predicted octanol–water partition coefficient (Wildman–Crippen LogP) is 1.56. The molecule has 1 atom stereocenters. The number of nitrogens with one attached hydrogen (secondary N) is 1. The quantitative estimate of drug-likeness (QED) is 0.718. The zero-order chi connectivity index (χ0) is 8.97. The average Bonchev–Trinajstić information content (AvgIpc) is 2.36. The zero-order valence-electron chi connectivity index (χ0n) is 7.50. The van der Waals surface area contributed by atoms with Crippen molar-refractivity contribution in [1.82, 2.24) is 9.97 Å². The third kappa shape index (κ3) is 2.45. The van der Waals surface area contributed by atoms with Crippen LogP contribution in [0.3, 0.4) is 0 Å². The normalized spacial score (nSPS) is 12.8. The van der Waals surface area contributed by atoms with E-state index in [0.29, 0.717) is 11.8 Å². The van der Waals surface area contributed by atoms with Crippen LogP contribution in [0, 0.1) is 0 Å². The summed E-state index contributed by atoms with van der Waals surface area (Å²) in [5.74, 6) is 0.536. The van der Waals surface area contributed by atoms with E-state index in [-0.39, 0.29) is 6.10 Å². The highest BCUT2D eigenvalue weighted by Gasteiger charge is 2.04. The maximum Gasteiger partial charge on any atom is 0.295 e. The van der Waals surface area contributed by atoms with Gasteiger partial charge in [0, 0.05) is 0 Å². The van der Waals surface area contributed by atoms with Gasteiger partial charge in [0.05, 0.1) is 12.3 Å². The average molecular weight is 169 g/mol. The van der Waals surface area contributed by atoms with Gasteiger partial charge in [0.25, 0.3) is 6.01 Å². The standard InChI is InChI=1S/C8H15N3O/c1-3-4-6(2)12-8-10-5-7(9)11-8/h5-6H,3-4,9H2,1-2H3,(H,10,11). The molecular formula is C8H15N3O. The molecule has 0 aromatic carbocycles. The summed E-state index contributed by atoms with van der Waals surface area (Å²) < 4.78 is 5.43. The van der Waals surface area contributed by atoms with Crippen molar-refractivity contribution in [3.05, 3.63) is 6.20 Å². The second kappa shape index (κ2) is 3.99. The van der Waals surface area contributed by atoms with E-state index < -0.39 is 0 Å². The molecule has 0 saturated heterocycles. The number of nitrogen functional groups attached to an aromatic ring is 1. The van der Waals surface area contributed by atoms with E-state index >= 15 is 0 Å². The number of anilines is 1. The Morgan fingerprint density at radius 1 is 1.75 bits per heavy atom. The van der Waals surface area contributed by atoms with E-state index in [1.165, 1.54) is 0 Å². The number of nitrogens with zero attached hydrogens (tertiary/aromatic N) is 1. The highest BCUT2D eigenvalue weighted by molar-refractivity contribution is 5.26. The SMILES string of the molecule is CCCC(C)Oc1ncc(N)[nH]1. The number of nitrogens with two attached hydrogens (primary N) is 1. The van der Waals surface area contributed by atoms with Crippen LogP contribution in [-0.4, -0.2) is 16.1 Å². The minimum absolute atomic E-state index is 0.195. The third-order valence-electron chi connectivity index (χ3n) is 1.58. The van der Waals surface area contributed by atoms with E-state index in [4.69, 9.17) is 10.5 Å². The Morgan fingerprint density at radius 3 is 3.00 bits per heavy atom. The summed E-state index contributed by atoms with van der Waals surface area (Å²) in [5.41, 5.74) is 5.43. The molecule has 1 heterocycles. The molecule has 1 rings (SSSR count). The van der Waals surface area contributed by atoms with Gasteiger partial charge in [-0.05, 0) is 13.3 Å². The van der Waals surface area contributed by atoms with Crippen molar-refractivity contribution in [2.45, 2.75) is 32.8 Å². The van der Waals surface area contributed by atoms with Crippen LogP contribution in [0.2, 0.25) is 0 Å². The molecular weight excluding hydrogens is 154 g/mol. The Kier molecular flexibility index (Phi) is 2.96. The van der Waals surface area contributed by atoms with Crippen molar-refractivity contribution in [1.29, 1.82) is 0 Å². The van der Waals surface area contributed by atoms with E-state index in [1.54, 1.807) is 6.20 Å². The molecule has 12 heavy (non-hydrogen) atoms. The molecule has 0 radical (unpaired) electrons. The van der Waals surface area contributed by atoms with Crippen molar-refractivity contribution in [3.8, 4) is 6.01 Å². The Balaban J connectivity index is 2.41. The number of rotatable bonds is 4. The molecule has 1 unspecified atom stereocenters. The smallest absolute Gasteiger partial charge is 0.295 e. The second-order valence-corrected chi connectivity index (χ2v) is 2.86. The third-order valence-corrected chi connectivity index (χ3v) is 1.58. The van der Waals surface area contributed by atoms with Crippen LogP contribution in [0.25, 0.3) is 0 Å². The fraction of sp³-hybridized carbons (Fsp3) is 0.625. The van der Waals surface area contributed by atoms with E-state index in [1.807, 2.05) is 6.92 Å². The van der Waals surface area contributed by atoms with Gasteiger partial charge in [0.2, 0.25) is 0 Å². The molecule has 1 aromatic rings. The Morgan fingerprint density at radius 2 is 2.50 bits per heavy atom. The number of hydrogen-bond acceptors (Lipinski definition) is 3. The first kappa shape index (κ1) is 8.90. The topological polar surface area (TPSA) is 63.9 Å². The minimum Gasteiger partial charge on any atom is -0.462 e. The molecule has 0 aliphatic heterocycles. The van der Waals surface area contributed by atoms with E-state index in [0.717, 1.165) is 12.8 Å². The second-order valence-electron chi connectivity index (χ2n) is 2.86. The molecule has 0 saturated carbocycles. The highest BCUT2D eigenvalue weighted by Crippen LogP contribution is 2.10. The van der Waals surface area contributed by atoms with E-state index in [2.05, 4.69) is 16.9 Å². The van der Waals surface area contributed by atoms with Crippen LogP contribution < -0.4 is 10.5 Å². The van der Waals surface area contributed by atoms with Gasteiger partial charge in [0.15, 0.2) is 0 Å². The first-order valence-corrected chi connectivity index (χ1v) is 4.19. The predicted molar refractivity (Wildman–Crippen MR) is 48.0 cm³/mol. The summed E-state index contributed by atoms with van der Waals surface area (Å²) in [5, 5.41) is 0. The van der Waals surface area contributed by atoms with Gasteiger partial charge < -0.3 is 10.5 Å². The van der Waals surface area contributed by atoms with Crippen molar-refractivity contribution in [3.63, 3.8) is 0 Å². The van der Waals surface area contributed by atoms with Crippen LogP contribution in [0.15, 0.2) is 6.20 Å². The molecule has 4 nitrogen and oxygen atoms in total. The maximum absolute atomic E-state index is 5.43. The number of aromatic nitrogens is 2. The molecule has 0 aliphatic carbocycles. The monoisotopic (exact) mass is 169 g/mol. The van der Waals surface area contributed by atoms with Crippen LogP contribution in [0.4, 0.5) is 5.82 Å². The Labute approximate surface area is 72.1 Å². The lowest BCUT2D eigenvalue weighted by molar-refractivity contribution is 0.194. The number of hydrogen-bond donors (Lipinski definition) is 2. The first-order chi connectivity index (χ1) is 5.72. The summed E-state index contributed by atoms with van der Waals surface area (Å²) >= 11 is 0. The fourth-order valence-corrected chi connectivity index (χ4v) is 1.03. The van der Waals surface area contributed by atoms with Crippen LogP contribution in [0.1, 0.15) is 26.7 Å². The van der Waals surface area contributed by atoms with Gasteiger partial charge in [-0.1, -0.05) is 13.3 Å². The molecule has 0 spiro atoms. The zero-order valence-corrected chi connectivity index (χ0v) is 7.50. The number of H-pyrrole nitrogens is 1. The minimum atomic E-state index is 0.195. The molecule has 0 bridgehead atoms. The molecule has 3 N–H and O–H groups in total. The number of aromatic amines is 1. The van der Waals surface area contributed by atoms with Crippen LogP contribution in [-0.2, 0) is 0 Å². The molecule has 0 aliphatic rings. The first-order valence-electron chi connectivity index (χ1n) is 4.19. The molecule has 0 fully saturated rings. The van der Waals surface area contributed by atoms with Gasteiger partial charge in [0.1, 0.15) is 5.82 Å². The van der Waals surface area contributed by atoms with Crippen molar-refractivity contribution < 1.29 is 4.74 Å². The molecule has 68 valence electrons. The lowest BCUT2D eigenvalue weighted by Crippen LogP contribution is -2.11. The van der Waals surface area contributed by atoms with Crippen LogP contribution >= 0.6 is 0 Å². The van der Waals surface area contributed by atoms with Gasteiger partial charge in [-0.2, -0.15) is 0 Å². The molecule has 4 heteroatoms. The van der Waals surface area contributed by atoms with Gasteiger partial charge in [-0.25, -0.2) is 4.98 Å². The summed E-state index contributed by atoms with van der Waals surface area (Å²) in [7, 11) is 0. The summed E-state index contributed by atoms with van der Waals surface area (Å²) in [6.07, 6.45) is 3.88. The summed E-state index contributed by atoms with van der Waals surface area (Å²) in [4.78, 5) is 6.75. The van der Waals surface area contributed by atoms with Gasteiger partial charge in [-0.3, -0.25) is 4.98 Å². The summed E-state index contributed by atoms with van der Waals surface area (Å²) in [6.45, 7) is 4.14. The molecule has 1 aromatic heterocycles. The van der Waals surface area contributed by atoms with Gasteiger partial charge in [-0.15, -0.1) is 0 Å². The lowest BCUT2D eigenvalue weighted by atomic mass is 10.2. The maximum atomic E-state index is 5.43. The van der Waals surface area contributed by atoms with Crippen molar-refractivity contribution in [2.75, 3.05) is 5.73 Å². The summed E-state index contributed by atoms with van der Waals surface area (Å²) in [6, 6.07) is 0.508. The largest absolute Gasteiger partial charge is 0.462 e. The van der Waals surface area contributed by atoms with Crippen molar-refractivity contribution >= 4 is 5.82 Å². The van der Waals surface area contributed by atoms with E-state index in [9.17, 15) is 0 Å².